The maximum Gasteiger partial charge on any atom is 0.303 e. The third-order valence-electron chi connectivity index (χ3n) is 3.77. The van der Waals surface area contributed by atoms with Crippen molar-refractivity contribution >= 4 is 29.5 Å². The van der Waals surface area contributed by atoms with Crippen molar-refractivity contribution in [2.24, 2.45) is 0 Å². The Morgan fingerprint density at radius 3 is 2.16 bits per heavy atom. The summed E-state index contributed by atoms with van der Waals surface area (Å²) in [5, 5.41) is 9.27. The van der Waals surface area contributed by atoms with Gasteiger partial charge in [0.1, 0.15) is 0 Å². The molecule has 1 atom stereocenters. The minimum atomic E-state index is -2.15. The molecule has 0 heterocycles. The fourth-order valence-corrected chi connectivity index (χ4v) is 4.78. The van der Waals surface area contributed by atoms with Crippen LogP contribution >= 0.6 is 23.5 Å². The van der Waals surface area contributed by atoms with E-state index in [4.69, 9.17) is 7.85 Å². The maximum atomic E-state index is 11.0. The number of hydrogen-bond acceptors (Lipinski definition) is 3. The first-order valence-electron chi connectivity index (χ1n) is 9.48. The zero-order chi connectivity index (χ0) is 19.5. The molecule has 0 saturated heterocycles. The molecule has 134 valence electrons. The summed E-state index contributed by atoms with van der Waals surface area (Å²) in [7, 11) is 0. The lowest BCUT2D eigenvalue weighted by Gasteiger charge is -2.16. The topological polar surface area (TPSA) is 37.3 Å². The van der Waals surface area contributed by atoms with Gasteiger partial charge in [0.15, 0.2) is 0 Å². The lowest BCUT2D eigenvalue weighted by Crippen LogP contribution is -2.07. The summed E-state index contributed by atoms with van der Waals surface area (Å²) in [6.45, 7) is 0. The fourth-order valence-electron chi connectivity index (χ4n) is 2.42. The Morgan fingerprint density at radius 2 is 1.56 bits per heavy atom. The fraction of sp³-hybridized carbons (Fsp3) is 0.381. The zero-order valence-electron chi connectivity index (χ0n) is 16.3. The van der Waals surface area contributed by atoms with Crippen LogP contribution in [0.5, 0.6) is 0 Å². The van der Waals surface area contributed by atoms with Gasteiger partial charge in [-0.1, -0.05) is 60.7 Å². The van der Waals surface area contributed by atoms with Crippen LogP contribution in [0.25, 0.3) is 0 Å². The number of aliphatic carboxylic acids is 1. The predicted octanol–water partition coefficient (Wildman–Crippen LogP) is 5.87. The smallest absolute Gasteiger partial charge is 0.303 e. The highest BCUT2D eigenvalue weighted by Gasteiger charge is 2.11. The molecule has 0 amide bonds. The van der Waals surface area contributed by atoms with E-state index in [0.717, 1.165) is 23.7 Å². The molecule has 0 fully saturated rings. The molecular formula is C21H26O2S2. The Bertz CT molecular complexity index is 681. The van der Waals surface area contributed by atoms with E-state index >= 15 is 0 Å². The minimum Gasteiger partial charge on any atom is -0.481 e. The van der Waals surface area contributed by atoms with Gasteiger partial charge in [-0.2, -0.15) is 23.5 Å². The predicted molar refractivity (Wildman–Crippen MR) is 110 cm³/mol. The third-order valence-corrected chi connectivity index (χ3v) is 6.27. The molecule has 2 aromatic rings. The molecule has 2 rings (SSSR count). The third kappa shape index (κ3) is 9.03. The first kappa shape index (κ1) is 17.0. The van der Waals surface area contributed by atoms with Gasteiger partial charge in [0.25, 0.3) is 0 Å². The molecule has 1 N–H and O–H groups in total. The summed E-state index contributed by atoms with van der Waals surface area (Å²) in [5.74, 6) is 1.45. The largest absolute Gasteiger partial charge is 0.481 e. The SMILES string of the molecule is [2H]C([2H])(CCC(CCSCc1ccccc1)SCc1ccccc1)C(=O)O. The Kier molecular flexibility index (Phi) is 8.21. The van der Waals surface area contributed by atoms with E-state index in [0.29, 0.717) is 6.42 Å². The van der Waals surface area contributed by atoms with Crippen LogP contribution < -0.4 is 0 Å². The summed E-state index contributed by atoms with van der Waals surface area (Å²) in [6, 6.07) is 20.5. The molecule has 4 heteroatoms. The second-order valence-corrected chi connectivity index (χ2v) is 8.16. The van der Waals surface area contributed by atoms with Crippen molar-refractivity contribution < 1.29 is 12.6 Å². The molecule has 0 radical (unpaired) electrons. The number of rotatable bonds is 12. The van der Waals surface area contributed by atoms with Gasteiger partial charge >= 0.3 is 5.97 Å². The van der Waals surface area contributed by atoms with Crippen LogP contribution in [0.1, 0.15) is 39.5 Å². The van der Waals surface area contributed by atoms with E-state index in [1.54, 1.807) is 11.8 Å². The van der Waals surface area contributed by atoms with E-state index in [-0.39, 0.29) is 11.7 Å². The van der Waals surface area contributed by atoms with E-state index in [1.165, 1.54) is 11.1 Å². The Hall–Kier alpha value is -1.39. The van der Waals surface area contributed by atoms with Gasteiger partial charge in [0.2, 0.25) is 0 Å². The summed E-state index contributed by atoms with van der Waals surface area (Å²) in [5.41, 5.74) is 2.55. The van der Waals surface area contributed by atoms with Crippen molar-refractivity contribution in [3.8, 4) is 0 Å². The van der Waals surface area contributed by atoms with Crippen LogP contribution in [0, 0.1) is 0 Å². The molecule has 0 bridgehead atoms. The van der Waals surface area contributed by atoms with Gasteiger partial charge < -0.3 is 5.11 Å². The lowest BCUT2D eigenvalue weighted by molar-refractivity contribution is -0.137. The highest BCUT2D eigenvalue weighted by Crippen LogP contribution is 2.27. The van der Waals surface area contributed by atoms with Crippen molar-refractivity contribution in [3.05, 3.63) is 71.8 Å². The summed E-state index contributed by atoms with van der Waals surface area (Å²) in [6.07, 6.45) is -0.575. The van der Waals surface area contributed by atoms with Gasteiger partial charge in [0.05, 0.1) is 0 Å². The second-order valence-electron chi connectivity index (χ2n) is 5.77. The van der Waals surface area contributed by atoms with Crippen LogP contribution in [0.4, 0.5) is 0 Å². The summed E-state index contributed by atoms with van der Waals surface area (Å²) in [4.78, 5) is 11.0. The number of thioether (sulfide) groups is 2. The molecule has 0 aliphatic carbocycles. The van der Waals surface area contributed by atoms with Crippen LogP contribution in [0.3, 0.4) is 0 Å². The van der Waals surface area contributed by atoms with Crippen molar-refractivity contribution in [3.63, 3.8) is 0 Å². The van der Waals surface area contributed by atoms with Crippen molar-refractivity contribution in [2.75, 3.05) is 5.75 Å². The molecule has 0 aliphatic heterocycles. The molecule has 0 aromatic heterocycles. The maximum absolute atomic E-state index is 11.0. The van der Waals surface area contributed by atoms with Crippen molar-refractivity contribution in [1.29, 1.82) is 0 Å². The minimum absolute atomic E-state index is 0.0537. The standard InChI is InChI=1S/C21H26O2S2/c22-21(23)13-7-12-20(25-17-19-10-5-2-6-11-19)14-15-24-16-18-8-3-1-4-9-18/h1-6,8-11,20H,7,12-17H2,(H,22,23)/i13D2. The van der Waals surface area contributed by atoms with E-state index < -0.39 is 12.3 Å². The van der Waals surface area contributed by atoms with Gasteiger partial charge in [-0.05, 0) is 36.1 Å². The molecule has 0 saturated carbocycles. The van der Waals surface area contributed by atoms with E-state index in [1.807, 2.05) is 48.2 Å². The van der Waals surface area contributed by atoms with E-state index in [9.17, 15) is 4.79 Å². The highest BCUT2D eigenvalue weighted by atomic mass is 32.2. The Balaban J connectivity index is 1.82. The number of benzene rings is 2. The first-order valence-corrected chi connectivity index (χ1v) is 10.7. The number of carbonyl (C=O) groups is 1. The molecule has 0 aliphatic rings. The molecular weight excluding hydrogens is 348 g/mol. The monoisotopic (exact) mass is 376 g/mol. The number of carboxylic acid groups (broad SMARTS) is 1. The average molecular weight is 377 g/mol. The molecule has 2 nitrogen and oxygen atoms in total. The van der Waals surface area contributed by atoms with Crippen LogP contribution in [0.15, 0.2) is 60.7 Å². The summed E-state index contributed by atoms with van der Waals surface area (Å²) >= 11 is 3.67. The lowest BCUT2D eigenvalue weighted by atomic mass is 10.1. The van der Waals surface area contributed by atoms with Crippen LogP contribution in [0.2, 0.25) is 0 Å². The first-order chi connectivity index (χ1) is 13.0. The molecule has 25 heavy (non-hydrogen) atoms. The average Bonchev–Trinajstić information content (AvgIpc) is 2.68. The van der Waals surface area contributed by atoms with Gasteiger partial charge in [-0.25, -0.2) is 0 Å². The molecule has 0 spiro atoms. The van der Waals surface area contributed by atoms with E-state index in [2.05, 4.69) is 24.3 Å². The van der Waals surface area contributed by atoms with Gasteiger partial charge in [0, 0.05) is 25.9 Å². The number of hydrogen-bond donors (Lipinski definition) is 1. The second kappa shape index (κ2) is 12.0. The van der Waals surface area contributed by atoms with Crippen LogP contribution in [-0.2, 0) is 16.3 Å². The quantitative estimate of drug-likeness (QED) is 0.470. The van der Waals surface area contributed by atoms with Crippen molar-refractivity contribution in [1.82, 2.24) is 0 Å². The summed E-state index contributed by atoms with van der Waals surface area (Å²) < 4.78 is 15.3. The van der Waals surface area contributed by atoms with Crippen LogP contribution in [-0.4, -0.2) is 22.1 Å². The van der Waals surface area contributed by atoms with Gasteiger partial charge in [-0.15, -0.1) is 0 Å². The Labute approximate surface area is 162 Å². The zero-order valence-corrected chi connectivity index (χ0v) is 15.9. The Morgan fingerprint density at radius 1 is 0.960 bits per heavy atom. The van der Waals surface area contributed by atoms with Crippen molar-refractivity contribution in [2.45, 2.75) is 42.4 Å². The molecule has 2 aromatic carbocycles. The normalized spacial score (nSPS) is 13.8. The number of carboxylic acids is 1. The highest BCUT2D eigenvalue weighted by molar-refractivity contribution is 7.99. The molecule has 1 unspecified atom stereocenters. The van der Waals surface area contributed by atoms with Gasteiger partial charge in [-0.3, -0.25) is 4.79 Å².